The van der Waals surface area contributed by atoms with Crippen molar-refractivity contribution < 1.29 is 9.59 Å². The molecular weight excluding hydrogens is 180 g/mol. The van der Waals surface area contributed by atoms with Crippen LogP contribution in [0.5, 0.6) is 0 Å². The van der Waals surface area contributed by atoms with Crippen LogP contribution in [0.1, 0.15) is 29.9 Å². The zero-order valence-electron chi connectivity index (χ0n) is 8.20. The van der Waals surface area contributed by atoms with Crippen LogP contribution in [0.4, 0.5) is 0 Å². The molecule has 0 aliphatic rings. The number of carbonyl (C=O) groups excluding carboxylic acids is 2. The van der Waals surface area contributed by atoms with Gasteiger partial charge in [0.25, 0.3) is 0 Å². The Hall–Kier alpha value is -1.71. The monoisotopic (exact) mass is 192 g/mol. The normalized spacial score (nSPS) is 9.57. The van der Waals surface area contributed by atoms with Crippen molar-refractivity contribution in [2.75, 3.05) is 0 Å². The molecule has 1 N–H and O–H groups in total. The molecule has 1 rings (SSSR count). The highest BCUT2D eigenvalue weighted by Crippen LogP contribution is 2.02. The van der Waals surface area contributed by atoms with Crippen molar-refractivity contribution in [3.05, 3.63) is 29.6 Å². The third kappa shape index (κ3) is 2.97. The lowest BCUT2D eigenvalue weighted by Crippen LogP contribution is -2.19. The quantitative estimate of drug-likeness (QED) is 0.724. The van der Waals surface area contributed by atoms with Gasteiger partial charge in [0.1, 0.15) is 5.69 Å². The Labute approximate surface area is 82.3 Å². The number of nitrogens with zero attached hydrogens (tertiary/aromatic N) is 1. The minimum absolute atomic E-state index is 0.0744. The Morgan fingerprint density at radius 3 is 2.71 bits per heavy atom. The molecule has 0 radical (unpaired) electrons. The number of aromatic nitrogens is 1. The molecule has 0 unspecified atom stereocenters. The molecule has 0 aliphatic carbocycles. The first-order valence-corrected chi connectivity index (χ1v) is 4.30. The summed E-state index contributed by atoms with van der Waals surface area (Å²) in [6, 6.07) is 3.45. The van der Waals surface area contributed by atoms with Crippen molar-refractivity contribution in [2.24, 2.45) is 0 Å². The maximum Gasteiger partial charge on any atom is 0.217 e. The molecule has 4 nitrogen and oxygen atoms in total. The largest absolute Gasteiger partial charge is 0.352 e. The summed E-state index contributed by atoms with van der Waals surface area (Å²) in [6.45, 7) is 3.34. The van der Waals surface area contributed by atoms with Gasteiger partial charge >= 0.3 is 0 Å². The zero-order valence-corrected chi connectivity index (χ0v) is 8.20. The van der Waals surface area contributed by atoms with Gasteiger partial charge in [-0.1, -0.05) is 0 Å². The van der Waals surface area contributed by atoms with Gasteiger partial charge in [0.05, 0.1) is 0 Å². The lowest BCUT2D eigenvalue weighted by molar-refractivity contribution is -0.119. The Bertz CT molecular complexity index is 361. The Balaban J connectivity index is 2.73. The van der Waals surface area contributed by atoms with Crippen LogP contribution >= 0.6 is 0 Å². The van der Waals surface area contributed by atoms with E-state index in [1.54, 1.807) is 18.3 Å². The summed E-state index contributed by atoms with van der Waals surface area (Å²) in [5, 5.41) is 2.65. The van der Waals surface area contributed by atoms with Gasteiger partial charge in [0.15, 0.2) is 5.78 Å². The first-order chi connectivity index (χ1) is 6.59. The molecule has 1 aromatic heterocycles. The molecule has 4 heteroatoms. The fourth-order valence-corrected chi connectivity index (χ4v) is 1.00. The van der Waals surface area contributed by atoms with Crippen molar-refractivity contribution >= 4 is 11.7 Å². The molecule has 0 saturated carbocycles. The van der Waals surface area contributed by atoms with E-state index in [1.165, 1.54) is 13.8 Å². The number of hydrogen-bond donors (Lipinski definition) is 1. The standard InChI is InChI=1S/C10H12N2O2/c1-7(13)10-5-9(3-4-11-10)6-12-8(2)14/h3-5H,6H2,1-2H3,(H,12,14). The molecule has 0 aliphatic heterocycles. The second-order valence-electron chi connectivity index (χ2n) is 3.02. The predicted molar refractivity (Wildman–Crippen MR) is 51.8 cm³/mol. The smallest absolute Gasteiger partial charge is 0.217 e. The Kier molecular flexibility index (Phi) is 3.34. The Morgan fingerprint density at radius 2 is 2.14 bits per heavy atom. The maximum absolute atomic E-state index is 11.0. The summed E-state index contributed by atoms with van der Waals surface area (Å²) in [5.74, 6) is -0.166. The highest BCUT2D eigenvalue weighted by Gasteiger charge is 2.01. The number of ketones is 1. The highest BCUT2D eigenvalue weighted by molar-refractivity contribution is 5.92. The molecule has 0 saturated heterocycles. The molecule has 1 heterocycles. The van der Waals surface area contributed by atoms with E-state index >= 15 is 0 Å². The van der Waals surface area contributed by atoms with Gasteiger partial charge in [-0.05, 0) is 17.7 Å². The molecule has 74 valence electrons. The van der Waals surface area contributed by atoms with Crippen LogP contribution in [-0.2, 0) is 11.3 Å². The van der Waals surface area contributed by atoms with Crippen LogP contribution in [0, 0.1) is 0 Å². The van der Waals surface area contributed by atoms with E-state index in [-0.39, 0.29) is 11.7 Å². The van der Waals surface area contributed by atoms with Crippen molar-refractivity contribution in [3.8, 4) is 0 Å². The lowest BCUT2D eigenvalue weighted by Gasteiger charge is -2.02. The minimum Gasteiger partial charge on any atom is -0.352 e. The van der Waals surface area contributed by atoms with Crippen LogP contribution in [0.2, 0.25) is 0 Å². The second kappa shape index (κ2) is 4.50. The second-order valence-corrected chi connectivity index (χ2v) is 3.02. The summed E-state index contributed by atoms with van der Waals surface area (Å²) < 4.78 is 0. The van der Waals surface area contributed by atoms with Crippen molar-refractivity contribution in [1.82, 2.24) is 10.3 Å². The van der Waals surface area contributed by atoms with Gasteiger partial charge in [-0.3, -0.25) is 14.6 Å². The fourth-order valence-electron chi connectivity index (χ4n) is 1.00. The predicted octanol–water partition coefficient (Wildman–Crippen LogP) is 0.920. The van der Waals surface area contributed by atoms with Crippen molar-refractivity contribution in [1.29, 1.82) is 0 Å². The van der Waals surface area contributed by atoms with Gasteiger partial charge in [0.2, 0.25) is 5.91 Å². The van der Waals surface area contributed by atoms with Crippen molar-refractivity contribution in [2.45, 2.75) is 20.4 Å². The number of pyridine rings is 1. The average Bonchev–Trinajstić information content (AvgIpc) is 2.15. The lowest BCUT2D eigenvalue weighted by atomic mass is 10.2. The van der Waals surface area contributed by atoms with Crippen molar-refractivity contribution in [3.63, 3.8) is 0 Å². The van der Waals surface area contributed by atoms with Crippen LogP contribution in [0.3, 0.4) is 0 Å². The maximum atomic E-state index is 11.0. The number of carbonyl (C=O) groups is 2. The van der Waals surface area contributed by atoms with E-state index in [0.29, 0.717) is 12.2 Å². The molecule has 0 spiro atoms. The van der Waals surface area contributed by atoms with Crippen LogP contribution in [-0.4, -0.2) is 16.7 Å². The molecule has 1 aromatic rings. The van der Waals surface area contributed by atoms with Gasteiger partial charge in [0, 0.05) is 26.6 Å². The van der Waals surface area contributed by atoms with Gasteiger partial charge in [-0.2, -0.15) is 0 Å². The average molecular weight is 192 g/mol. The summed E-state index contributed by atoms with van der Waals surface area (Å²) >= 11 is 0. The number of amides is 1. The Morgan fingerprint density at radius 1 is 1.43 bits per heavy atom. The van der Waals surface area contributed by atoms with Gasteiger partial charge in [-0.15, -0.1) is 0 Å². The van der Waals surface area contributed by atoms with E-state index in [0.717, 1.165) is 5.56 Å². The van der Waals surface area contributed by atoms with Crippen LogP contribution in [0.15, 0.2) is 18.3 Å². The van der Waals surface area contributed by atoms with E-state index in [9.17, 15) is 9.59 Å². The third-order valence-corrected chi connectivity index (χ3v) is 1.73. The summed E-state index contributed by atoms with van der Waals surface area (Å²) in [6.07, 6.45) is 1.56. The van der Waals surface area contributed by atoms with E-state index in [4.69, 9.17) is 0 Å². The molecule has 1 amide bonds. The molecular formula is C10H12N2O2. The van der Waals surface area contributed by atoms with E-state index < -0.39 is 0 Å². The van der Waals surface area contributed by atoms with Crippen LogP contribution in [0.25, 0.3) is 0 Å². The summed E-state index contributed by atoms with van der Waals surface area (Å²) in [7, 11) is 0. The minimum atomic E-state index is -0.0915. The fraction of sp³-hybridized carbons (Fsp3) is 0.300. The van der Waals surface area contributed by atoms with E-state index in [1.807, 2.05) is 0 Å². The zero-order chi connectivity index (χ0) is 10.6. The first-order valence-electron chi connectivity index (χ1n) is 4.30. The molecule has 0 fully saturated rings. The van der Waals surface area contributed by atoms with E-state index in [2.05, 4.69) is 10.3 Å². The highest BCUT2D eigenvalue weighted by atomic mass is 16.1. The molecule has 0 bridgehead atoms. The topological polar surface area (TPSA) is 59.1 Å². The summed E-state index contributed by atoms with van der Waals surface area (Å²) in [5.41, 5.74) is 1.30. The number of rotatable bonds is 3. The molecule has 14 heavy (non-hydrogen) atoms. The van der Waals surface area contributed by atoms with Gasteiger partial charge < -0.3 is 5.32 Å². The molecule has 0 aromatic carbocycles. The number of Topliss-reactive ketones (excluding diaryl/α,β-unsaturated/α-hetero) is 1. The first kappa shape index (κ1) is 10.4. The summed E-state index contributed by atoms with van der Waals surface area (Å²) in [4.78, 5) is 25.5. The molecule has 0 atom stereocenters. The SMILES string of the molecule is CC(=O)NCc1ccnc(C(C)=O)c1. The number of nitrogens with one attached hydrogen (secondary N) is 1. The third-order valence-electron chi connectivity index (χ3n) is 1.73. The van der Waals surface area contributed by atoms with Crippen LogP contribution < -0.4 is 5.32 Å². The number of hydrogen-bond acceptors (Lipinski definition) is 3. The van der Waals surface area contributed by atoms with Gasteiger partial charge in [-0.25, -0.2) is 0 Å².